The Morgan fingerprint density at radius 1 is 0.250 bits per heavy atom. The smallest absolute Gasteiger partial charge is 0.0972 e. The Kier molecular flexibility index (Phi) is 6.51. The van der Waals surface area contributed by atoms with E-state index in [1.165, 1.54) is 33.4 Å². The Hall–Kier alpha value is -5.86. The summed E-state index contributed by atoms with van der Waals surface area (Å²) >= 11 is 0. The van der Waals surface area contributed by atoms with Crippen molar-refractivity contribution in [3.63, 3.8) is 0 Å². The van der Waals surface area contributed by atoms with Crippen LogP contribution in [-0.4, -0.2) is 9.97 Å². The molecule has 0 saturated carbocycles. The molecule has 0 radical (unpaired) electrons. The maximum atomic E-state index is 5.16. The third kappa shape index (κ3) is 4.93. The van der Waals surface area contributed by atoms with E-state index in [2.05, 4.69) is 152 Å². The molecule has 2 heteroatoms. The highest BCUT2D eigenvalue weighted by Crippen LogP contribution is 2.34. The van der Waals surface area contributed by atoms with E-state index in [4.69, 9.17) is 9.97 Å². The molecule has 8 rings (SSSR count). The van der Waals surface area contributed by atoms with Crippen molar-refractivity contribution in [3.8, 4) is 55.9 Å². The minimum atomic E-state index is 0.921. The number of hydrogen-bond donors (Lipinski definition) is 0. The lowest BCUT2D eigenvalue weighted by Crippen LogP contribution is -1.91. The first-order chi connectivity index (χ1) is 21.8. The minimum Gasteiger partial charge on any atom is -0.245 e. The highest BCUT2D eigenvalue weighted by molar-refractivity contribution is 6.04. The van der Waals surface area contributed by atoms with E-state index in [1.807, 2.05) is 18.2 Å². The molecular weight excluding hydrogens is 532 g/mol. The SMILES string of the molecule is c1ccc(-c2cc(-c3ccccc3)cc(-c3ccc(-c4ccc5ccc6ccc(-c7ccccc7)nc6c5n4)cc3)c2)cc1. The Morgan fingerprint density at radius 3 is 1.00 bits per heavy atom. The lowest BCUT2D eigenvalue weighted by molar-refractivity contribution is 1.36. The molecule has 0 amide bonds. The van der Waals surface area contributed by atoms with E-state index in [9.17, 15) is 0 Å². The van der Waals surface area contributed by atoms with Gasteiger partial charge in [0.2, 0.25) is 0 Å². The third-order valence-electron chi connectivity index (χ3n) is 8.25. The van der Waals surface area contributed by atoms with E-state index in [0.717, 1.165) is 44.3 Å². The standard InChI is InChI=1S/C42H28N2/c1-4-10-29(11-5-1)36-26-37(30-12-6-2-7-13-30)28-38(27-36)31-16-18-33(19-17-31)40-25-23-35-21-20-34-22-24-39(32-14-8-3-9-15-32)43-41(34)42(35)44-40/h1-28H. The fourth-order valence-corrected chi connectivity index (χ4v) is 5.92. The van der Waals surface area contributed by atoms with Crippen LogP contribution >= 0.6 is 0 Å². The average molecular weight is 561 g/mol. The molecule has 0 bridgehead atoms. The van der Waals surface area contributed by atoms with Crippen molar-refractivity contribution in [2.24, 2.45) is 0 Å². The van der Waals surface area contributed by atoms with E-state index < -0.39 is 0 Å². The molecule has 0 spiro atoms. The van der Waals surface area contributed by atoms with Gasteiger partial charge in [0.15, 0.2) is 0 Å². The number of nitrogens with zero attached hydrogens (tertiary/aromatic N) is 2. The van der Waals surface area contributed by atoms with Gasteiger partial charge in [-0.05, 0) is 63.7 Å². The highest BCUT2D eigenvalue weighted by atomic mass is 14.8. The molecule has 2 nitrogen and oxygen atoms in total. The van der Waals surface area contributed by atoms with Crippen LogP contribution in [0.4, 0.5) is 0 Å². The zero-order valence-electron chi connectivity index (χ0n) is 24.1. The summed E-state index contributed by atoms with van der Waals surface area (Å²) in [6.07, 6.45) is 0. The fourth-order valence-electron chi connectivity index (χ4n) is 5.92. The van der Waals surface area contributed by atoms with E-state index >= 15 is 0 Å². The molecular formula is C42H28N2. The van der Waals surface area contributed by atoms with E-state index in [-0.39, 0.29) is 0 Å². The van der Waals surface area contributed by atoms with Gasteiger partial charge in [-0.2, -0.15) is 0 Å². The summed E-state index contributed by atoms with van der Waals surface area (Å²) in [6.45, 7) is 0. The van der Waals surface area contributed by atoms with Crippen molar-refractivity contribution in [1.82, 2.24) is 9.97 Å². The fraction of sp³-hybridized carbons (Fsp3) is 0. The lowest BCUT2D eigenvalue weighted by Gasteiger charge is -2.12. The molecule has 0 saturated heterocycles. The molecule has 8 aromatic rings. The molecule has 0 N–H and O–H groups in total. The van der Waals surface area contributed by atoms with Crippen molar-refractivity contribution >= 4 is 21.8 Å². The van der Waals surface area contributed by atoms with Crippen LogP contribution in [0.2, 0.25) is 0 Å². The topological polar surface area (TPSA) is 25.8 Å². The number of benzene rings is 6. The second-order valence-corrected chi connectivity index (χ2v) is 11.1. The largest absolute Gasteiger partial charge is 0.245 e. The van der Waals surface area contributed by atoms with Gasteiger partial charge in [0, 0.05) is 21.9 Å². The Balaban J connectivity index is 1.19. The van der Waals surface area contributed by atoms with Gasteiger partial charge in [-0.3, -0.25) is 0 Å². The molecule has 0 unspecified atom stereocenters. The van der Waals surface area contributed by atoms with E-state index in [0.29, 0.717) is 0 Å². The van der Waals surface area contributed by atoms with Crippen molar-refractivity contribution in [2.75, 3.05) is 0 Å². The summed E-state index contributed by atoms with van der Waals surface area (Å²) in [5.74, 6) is 0. The van der Waals surface area contributed by atoms with E-state index in [1.54, 1.807) is 0 Å². The van der Waals surface area contributed by atoms with Crippen LogP contribution in [0.3, 0.4) is 0 Å². The second-order valence-electron chi connectivity index (χ2n) is 11.1. The molecule has 0 atom stereocenters. The van der Waals surface area contributed by atoms with Crippen molar-refractivity contribution in [1.29, 1.82) is 0 Å². The number of rotatable bonds is 5. The monoisotopic (exact) mass is 560 g/mol. The number of hydrogen-bond acceptors (Lipinski definition) is 2. The Labute approximate surface area is 257 Å². The van der Waals surface area contributed by atoms with Crippen molar-refractivity contribution < 1.29 is 0 Å². The molecule has 2 heterocycles. The summed E-state index contributed by atoms with van der Waals surface area (Å²) in [6, 6.07) is 59.8. The summed E-state index contributed by atoms with van der Waals surface area (Å²) < 4.78 is 0. The van der Waals surface area contributed by atoms with Crippen molar-refractivity contribution in [3.05, 3.63) is 170 Å². The van der Waals surface area contributed by atoms with Gasteiger partial charge < -0.3 is 0 Å². The lowest BCUT2D eigenvalue weighted by atomic mass is 9.93. The van der Waals surface area contributed by atoms with Gasteiger partial charge in [0.25, 0.3) is 0 Å². The molecule has 6 aromatic carbocycles. The maximum absolute atomic E-state index is 5.16. The van der Waals surface area contributed by atoms with Crippen LogP contribution in [0.1, 0.15) is 0 Å². The predicted octanol–water partition coefficient (Wildman–Crippen LogP) is 11.1. The second kappa shape index (κ2) is 11.1. The van der Waals surface area contributed by atoms with Crippen molar-refractivity contribution in [2.45, 2.75) is 0 Å². The van der Waals surface area contributed by atoms with Gasteiger partial charge in [-0.1, -0.05) is 140 Å². The van der Waals surface area contributed by atoms with Gasteiger partial charge in [-0.15, -0.1) is 0 Å². The molecule has 0 aliphatic carbocycles. The Bertz CT molecular complexity index is 2180. The van der Waals surface area contributed by atoms with Crippen LogP contribution in [-0.2, 0) is 0 Å². The van der Waals surface area contributed by atoms with Crippen LogP contribution in [0.15, 0.2) is 170 Å². The first kappa shape index (κ1) is 25.8. The number of pyridine rings is 2. The first-order valence-corrected chi connectivity index (χ1v) is 14.9. The van der Waals surface area contributed by atoms with Gasteiger partial charge in [0.1, 0.15) is 0 Å². The summed E-state index contributed by atoms with van der Waals surface area (Å²) in [5, 5.41) is 2.17. The average Bonchev–Trinajstić information content (AvgIpc) is 3.12. The molecule has 2 aromatic heterocycles. The molecule has 44 heavy (non-hydrogen) atoms. The summed E-state index contributed by atoms with van der Waals surface area (Å²) in [4.78, 5) is 10.2. The zero-order chi connectivity index (χ0) is 29.3. The summed E-state index contributed by atoms with van der Waals surface area (Å²) in [5.41, 5.74) is 13.1. The quantitative estimate of drug-likeness (QED) is 0.196. The molecule has 0 fully saturated rings. The third-order valence-corrected chi connectivity index (χ3v) is 8.25. The maximum Gasteiger partial charge on any atom is 0.0972 e. The highest BCUT2D eigenvalue weighted by Gasteiger charge is 2.11. The van der Waals surface area contributed by atoms with Crippen LogP contribution in [0.25, 0.3) is 77.7 Å². The minimum absolute atomic E-state index is 0.921. The van der Waals surface area contributed by atoms with Gasteiger partial charge in [-0.25, -0.2) is 9.97 Å². The first-order valence-electron chi connectivity index (χ1n) is 14.9. The number of aromatic nitrogens is 2. The summed E-state index contributed by atoms with van der Waals surface area (Å²) in [7, 11) is 0. The van der Waals surface area contributed by atoms with Crippen LogP contribution in [0.5, 0.6) is 0 Å². The molecule has 206 valence electrons. The molecule has 0 aliphatic rings. The predicted molar refractivity (Wildman–Crippen MR) is 184 cm³/mol. The van der Waals surface area contributed by atoms with Crippen LogP contribution in [0, 0.1) is 0 Å². The Morgan fingerprint density at radius 2 is 0.568 bits per heavy atom. The zero-order valence-corrected chi connectivity index (χ0v) is 24.1. The number of fused-ring (bicyclic) bond motifs is 3. The van der Waals surface area contributed by atoms with Gasteiger partial charge in [0.05, 0.1) is 22.4 Å². The normalized spacial score (nSPS) is 11.2. The van der Waals surface area contributed by atoms with Gasteiger partial charge >= 0.3 is 0 Å². The molecule has 0 aliphatic heterocycles. The van der Waals surface area contributed by atoms with Crippen LogP contribution < -0.4 is 0 Å².